The first kappa shape index (κ1) is 15.9. The predicted molar refractivity (Wildman–Crippen MR) is 101 cm³/mol. The minimum atomic E-state index is -0.0675. The number of nitrogens with zero attached hydrogens (tertiary/aromatic N) is 2. The van der Waals surface area contributed by atoms with E-state index in [2.05, 4.69) is 28.5 Å². The number of aromatic amines is 1. The van der Waals surface area contributed by atoms with E-state index in [9.17, 15) is 4.79 Å². The molecular weight excluding hydrogens is 332 g/mol. The standard InChI is InChI=1S/C19H20N4OS/c1-12-5-3-6-14(9-12)20-19(24)23-11-15-16(10-13(23)2)21-22-18(15)17-7-4-8-25-17/h3-9,13H,10-11H2,1-2H3,(H,20,24)(H,21,22). The summed E-state index contributed by atoms with van der Waals surface area (Å²) in [7, 11) is 0. The summed E-state index contributed by atoms with van der Waals surface area (Å²) >= 11 is 1.67. The molecule has 3 heterocycles. The fourth-order valence-electron chi connectivity index (χ4n) is 3.28. The van der Waals surface area contributed by atoms with Gasteiger partial charge in [-0.2, -0.15) is 5.10 Å². The summed E-state index contributed by atoms with van der Waals surface area (Å²) in [6.45, 7) is 4.66. The number of rotatable bonds is 2. The monoisotopic (exact) mass is 352 g/mol. The van der Waals surface area contributed by atoms with Crippen LogP contribution in [0, 0.1) is 6.92 Å². The molecule has 5 nitrogen and oxygen atoms in total. The third kappa shape index (κ3) is 3.05. The summed E-state index contributed by atoms with van der Waals surface area (Å²) in [4.78, 5) is 15.8. The zero-order chi connectivity index (χ0) is 17.4. The van der Waals surface area contributed by atoms with E-state index >= 15 is 0 Å². The minimum Gasteiger partial charge on any atom is -0.317 e. The average Bonchev–Trinajstić information content (AvgIpc) is 3.22. The summed E-state index contributed by atoms with van der Waals surface area (Å²) in [6, 6.07) is 12.0. The van der Waals surface area contributed by atoms with Crippen molar-refractivity contribution in [1.82, 2.24) is 15.1 Å². The van der Waals surface area contributed by atoms with Crippen LogP contribution in [-0.2, 0) is 13.0 Å². The van der Waals surface area contributed by atoms with Crippen molar-refractivity contribution in [2.75, 3.05) is 5.32 Å². The highest BCUT2D eigenvalue weighted by molar-refractivity contribution is 7.13. The molecule has 0 saturated heterocycles. The molecular formula is C19H20N4OS. The second-order valence-corrected chi connectivity index (χ2v) is 7.43. The molecule has 0 spiro atoms. The molecule has 2 amide bonds. The van der Waals surface area contributed by atoms with Gasteiger partial charge in [-0.25, -0.2) is 4.79 Å². The van der Waals surface area contributed by atoms with Gasteiger partial charge in [0.15, 0.2) is 0 Å². The normalized spacial score (nSPS) is 16.6. The number of amides is 2. The first-order valence-corrected chi connectivity index (χ1v) is 9.24. The van der Waals surface area contributed by atoms with E-state index in [0.29, 0.717) is 6.54 Å². The van der Waals surface area contributed by atoms with Gasteiger partial charge in [0, 0.05) is 29.4 Å². The van der Waals surface area contributed by atoms with Crippen molar-refractivity contribution < 1.29 is 4.79 Å². The second kappa shape index (κ2) is 6.37. The Morgan fingerprint density at radius 2 is 2.24 bits per heavy atom. The number of aryl methyl sites for hydroxylation is 1. The zero-order valence-corrected chi connectivity index (χ0v) is 15.1. The molecule has 0 saturated carbocycles. The number of carbonyl (C=O) groups excluding carboxylic acids is 1. The number of hydrogen-bond donors (Lipinski definition) is 2. The fourth-order valence-corrected chi connectivity index (χ4v) is 4.02. The number of urea groups is 1. The van der Waals surface area contributed by atoms with Gasteiger partial charge in [0.25, 0.3) is 0 Å². The Morgan fingerprint density at radius 1 is 1.36 bits per heavy atom. The van der Waals surface area contributed by atoms with Crippen molar-refractivity contribution in [2.24, 2.45) is 0 Å². The maximum Gasteiger partial charge on any atom is 0.322 e. The van der Waals surface area contributed by atoms with E-state index in [0.717, 1.165) is 39.5 Å². The van der Waals surface area contributed by atoms with E-state index in [4.69, 9.17) is 0 Å². The van der Waals surface area contributed by atoms with Gasteiger partial charge in [-0.3, -0.25) is 5.10 Å². The lowest BCUT2D eigenvalue weighted by Gasteiger charge is -2.33. The number of carbonyl (C=O) groups is 1. The van der Waals surface area contributed by atoms with E-state index in [1.165, 1.54) is 0 Å². The average molecular weight is 352 g/mol. The van der Waals surface area contributed by atoms with Gasteiger partial charge in [0.05, 0.1) is 11.4 Å². The molecule has 0 fully saturated rings. The maximum atomic E-state index is 12.8. The zero-order valence-electron chi connectivity index (χ0n) is 14.2. The third-order valence-electron chi connectivity index (χ3n) is 4.60. The number of thiophene rings is 1. The van der Waals surface area contributed by atoms with Gasteiger partial charge in [-0.05, 0) is 43.0 Å². The summed E-state index contributed by atoms with van der Waals surface area (Å²) in [6.07, 6.45) is 0.787. The Balaban J connectivity index is 1.58. The number of hydrogen-bond acceptors (Lipinski definition) is 3. The van der Waals surface area contributed by atoms with E-state index < -0.39 is 0 Å². The van der Waals surface area contributed by atoms with E-state index in [1.807, 2.05) is 47.5 Å². The van der Waals surface area contributed by atoms with Gasteiger partial charge < -0.3 is 10.2 Å². The third-order valence-corrected chi connectivity index (χ3v) is 5.47. The quantitative estimate of drug-likeness (QED) is 0.717. The SMILES string of the molecule is Cc1cccc(NC(=O)N2Cc3c(-c4cccs4)n[nH]c3CC2C)c1. The minimum absolute atomic E-state index is 0.0675. The van der Waals surface area contributed by atoms with Crippen LogP contribution >= 0.6 is 11.3 Å². The van der Waals surface area contributed by atoms with Crippen LogP contribution < -0.4 is 5.32 Å². The molecule has 0 bridgehead atoms. The van der Waals surface area contributed by atoms with Crippen LogP contribution in [0.25, 0.3) is 10.6 Å². The molecule has 0 radical (unpaired) electrons. The van der Waals surface area contributed by atoms with E-state index in [1.54, 1.807) is 11.3 Å². The van der Waals surface area contributed by atoms with Crippen LogP contribution in [0.2, 0.25) is 0 Å². The largest absolute Gasteiger partial charge is 0.322 e. The Kier molecular flexibility index (Phi) is 4.05. The van der Waals surface area contributed by atoms with Gasteiger partial charge in [0.2, 0.25) is 0 Å². The molecule has 2 aromatic heterocycles. The van der Waals surface area contributed by atoms with Crippen molar-refractivity contribution in [2.45, 2.75) is 32.9 Å². The fraction of sp³-hybridized carbons (Fsp3) is 0.263. The molecule has 1 aliphatic rings. The molecule has 4 rings (SSSR count). The first-order chi connectivity index (χ1) is 12.1. The van der Waals surface area contributed by atoms with Crippen LogP contribution in [0.4, 0.5) is 10.5 Å². The smallest absolute Gasteiger partial charge is 0.317 e. The first-order valence-electron chi connectivity index (χ1n) is 8.36. The molecule has 1 atom stereocenters. The Bertz CT molecular complexity index is 900. The molecule has 128 valence electrons. The highest BCUT2D eigenvalue weighted by Gasteiger charge is 2.30. The number of anilines is 1. The lowest BCUT2D eigenvalue weighted by Crippen LogP contribution is -2.44. The molecule has 2 N–H and O–H groups in total. The number of benzene rings is 1. The highest BCUT2D eigenvalue weighted by Crippen LogP contribution is 2.33. The molecule has 1 unspecified atom stereocenters. The Hall–Kier alpha value is -2.60. The number of H-pyrrole nitrogens is 1. The van der Waals surface area contributed by atoms with Crippen LogP contribution in [-0.4, -0.2) is 27.2 Å². The molecule has 1 aromatic carbocycles. The van der Waals surface area contributed by atoms with Crippen molar-refractivity contribution in [3.63, 3.8) is 0 Å². The van der Waals surface area contributed by atoms with Gasteiger partial charge in [-0.15, -0.1) is 11.3 Å². The lowest BCUT2D eigenvalue weighted by molar-refractivity contribution is 0.182. The van der Waals surface area contributed by atoms with Crippen molar-refractivity contribution in [1.29, 1.82) is 0 Å². The topological polar surface area (TPSA) is 61.0 Å². The summed E-state index contributed by atoms with van der Waals surface area (Å²) in [5.41, 5.74) is 5.18. The lowest BCUT2D eigenvalue weighted by atomic mass is 9.99. The number of fused-ring (bicyclic) bond motifs is 1. The Morgan fingerprint density at radius 3 is 3.00 bits per heavy atom. The van der Waals surface area contributed by atoms with Crippen LogP contribution in [0.1, 0.15) is 23.7 Å². The molecule has 1 aliphatic heterocycles. The second-order valence-electron chi connectivity index (χ2n) is 6.49. The molecule has 6 heteroatoms. The van der Waals surface area contributed by atoms with Crippen molar-refractivity contribution in [3.05, 3.63) is 58.6 Å². The molecule has 25 heavy (non-hydrogen) atoms. The summed E-state index contributed by atoms with van der Waals surface area (Å²) in [5, 5.41) is 12.7. The highest BCUT2D eigenvalue weighted by atomic mass is 32.1. The van der Waals surface area contributed by atoms with Crippen LogP contribution in [0.5, 0.6) is 0 Å². The predicted octanol–water partition coefficient (Wildman–Crippen LogP) is 4.43. The van der Waals surface area contributed by atoms with Crippen LogP contribution in [0.3, 0.4) is 0 Å². The number of aromatic nitrogens is 2. The van der Waals surface area contributed by atoms with Crippen LogP contribution in [0.15, 0.2) is 41.8 Å². The summed E-state index contributed by atoms with van der Waals surface area (Å²) < 4.78 is 0. The van der Waals surface area contributed by atoms with Gasteiger partial charge in [0.1, 0.15) is 5.69 Å². The van der Waals surface area contributed by atoms with Gasteiger partial charge >= 0.3 is 6.03 Å². The maximum absolute atomic E-state index is 12.8. The van der Waals surface area contributed by atoms with Crippen molar-refractivity contribution >= 4 is 23.1 Å². The summed E-state index contributed by atoms with van der Waals surface area (Å²) in [5.74, 6) is 0. The van der Waals surface area contributed by atoms with Crippen molar-refractivity contribution in [3.8, 4) is 10.6 Å². The Labute approximate surface area is 150 Å². The molecule has 3 aromatic rings. The molecule has 0 aliphatic carbocycles. The van der Waals surface area contributed by atoms with Gasteiger partial charge in [-0.1, -0.05) is 18.2 Å². The number of nitrogens with one attached hydrogen (secondary N) is 2. The van der Waals surface area contributed by atoms with E-state index in [-0.39, 0.29) is 12.1 Å².